The quantitative estimate of drug-likeness (QED) is 0.397. The molecular weight excluding hydrogens is 424 g/mol. The fourth-order valence-electron chi connectivity index (χ4n) is 2.75. The molecule has 0 radical (unpaired) electrons. The predicted octanol–water partition coefficient (Wildman–Crippen LogP) is 4.12. The lowest BCUT2D eigenvalue weighted by molar-refractivity contribution is -0.123. The number of nitrogens with zero attached hydrogens (tertiary/aromatic N) is 1. The van der Waals surface area contributed by atoms with Crippen LogP contribution in [0.2, 0.25) is 0 Å². The highest BCUT2D eigenvalue weighted by molar-refractivity contribution is 9.10. The van der Waals surface area contributed by atoms with Crippen LogP contribution in [0.25, 0.3) is 6.08 Å². The summed E-state index contributed by atoms with van der Waals surface area (Å²) in [5.74, 6) is 0.661. The van der Waals surface area contributed by atoms with Crippen LogP contribution in [0.15, 0.2) is 65.3 Å². The minimum absolute atomic E-state index is 0.203. The number of carbonyl (C=O) groups excluding carboxylic acids is 2. The van der Waals surface area contributed by atoms with Crippen LogP contribution < -0.4 is 14.8 Å². The van der Waals surface area contributed by atoms with Crippen LogP contribution in [-0.4, -0.2) is 30.6 Å². The zero-order valence-corrected chi connectivity index (χ0v) is 16.9. The van der Waals surface area contributed by atoms with Crippen LogP contribution in [-0.2, 0) is 11.3 Å². The predicted molar refractivity (Wildman–Crippen MR) is 110 cm³/mol. The van der Waals surface area contributed by atoms with E-state index in [1.807, 2.05) is 30.3 Å². The first kappa shape index (κ1) is 19.7. The van der Waals surface area contributed by atoms with E-state index in [9.17, 15) is 9.59 Å². The molecule has 0 aromatic heterocycles. The zero-order chi connectivity index (χ0) is 20.1. The molecule has 0 atom stereocenters. The summed E-state index contributed by atoms with van der Waals surface area (Å²) in [7, 11) is 1.53. The highest BCUT2D eigenvalue weighted by Gasteiger charge is 2.33. The Bertz CT molecular complexity index is 941. The zero-order valence-electron chi connectivity index (χ0n) is 15.3. The van der Waals surface area contributed by atoms with Crippen molar-refractivity contribution in [3.05, 3.63) is 76.4 Å². The Kier molecular flexibility index (Phi) is 6.16. The second-order valence-corrected chi connectivity index (χ2v) is 6.85. The number of urea groups is 1. The maximum atomic E-state index is 12.7. The fourth-order valence-corrected chi connectivity index (χ4v) is 3.33. The molecule has 1 aliphatic rings. The molecule has 3 amide bonds. The number of hydrogen-bond acceptors (Lipinski definition) is 4. The Morgan fingerprint density at radius 1 is 1.21 bits per heavy atom. The molecule has 0 aliphatic carbocycles. The molecule has 3 rings (SSSR count). The summed E-state index contributed by atoms with van der Waals surface area (Å²) in [4.78, 5) is 26.1. The largest absolute Gasteiger partial charge is 0.493 e. The molecule has 28 heavy (non-hydrogen) atoms. The van der Waals surface area contributed by atoms with E-state index < -0.39 is 6.03 Å². The van der Waals surface area contributed by atoms with Gasteiger partial charge >= 0.3 is 6.03 Å². The molecule has 1 saturated heterocycles. The molecule has 2 aromatic carbocycles. The van der Waals surface area contributed by atoms with E-state index in [1.54, 1.807) is 24.3 Å². The van der Waals surface area contributed by atoms with Crippen molar-refractivity contribution in [3.63, 3.8) is 0 Å². The second-order valence-electron chi connectivity index (χ2n) is 6.00. The van der Waals surface area contributed by atoms with Crippen LogP contribution in [0.3, 0.4) is 0 Å². The smallest absolute Gasteiger partial charge is 0.329 e. The number of imide groups is 1. The molecule has 6 nitrogen and oxygen atoms in total. The number of ether oxygens (including phenoxy) is 2. The molecule has 1 heterocycles. The van der Waals surface area contributed by atoms with Crippen molar-refractivity contribution in [2.45, 2.75) is 6.54 Å². The number of carbonyl (C=O) groups is 2. The van der Waals surface area contributed by atoms with E-state index in [4.69, 9.17) is 9.47 Å². The van der Waals surface area contributed by atoms with Gasteiger partial charge < -0.3 is 14.8 Å². The lowest BCUT2D eigenvalue weighted by Crippen LogP contribution is -2.30. The van der Waals surface area contributed by atoms with E-state index in [0.29, 0.717) is 28.1 Å². The summed E-state index contributed by atoms with van der Waals surface area (Å²) in [6, 6.07) is 12.4. The maximum absolute atomic E-state index is 12.7. The first-order valence-electron chi connectivity index (χ1n) is 8.53. The fraction of sp³-hybridized carbons (Fsp3) is 0.143. The molecule has 2 aromatic rings. The monoisotopic (exact) mass is 442 g/mol. The van der Waals surface area contributed by atoms with E-state index >= 15 is 0 Å². The van der Waals surface area contributed by atoms with Gasteiger partial charge in [-0.1, -0.05) is 43.0 Å². The molecular formula is C21H19BrN2O4. The van der Waals surface area contributed by atoms with Crippen LogP contribution in [0.5, 0.6) is 11.5 Å². The maximum Gasteiger partial charge on any atom is 0.329 e. The standard InChI is InChI=1S/C21H19BrN2O4/c1-3-9-28-19-16(22)10-15(12-18(19)27-2)11-17-20(25)24(21(26)23-17)13-14-7-5-4-6-8-14/h3-8,10-12H,1,9,13H2,2H3,(H,23,26)/b17-11-. The van der Waals surface area contributed by atoms with Gasteiger partial charge in [-0.15, -0.1) is 0 Å². The topological polar surface area (TPSA) is 67.9 Å². The van der Waals surface area contributed by atoms with Gasteiger partial charge in [-0.25, -0.2) is 4.79 Å². The van der Waals surface area contributed by atoms with E-state index in [0.717, 1.165) is 5.56 Å². The highest BCUT2D eigenvalue weighted by atomic mass is 79.9. The summed E-state index contributed by atoms with van der Waals surface area (Å²) in [6.45, 7) is 4.17. The average molecular weight is 443 g/mol. The normalized spacial score (nSPS) is 14.9. The Hall–Kier alpha value is -3.06. The molecule has 7 heteroatoms. The number of rotatable bonds is 7. The molecule has 1 N–H and O–H groups in total. The lowest BCUT2D eigenvalue weighted by atomic mass is 10.1. The summed E-state index contributed by atoms with van der Waals surface area (Å²) in [5.41, 5.74) is 1.76. The van der Waals surface area contributed by atoms with Crippen molar-refractivity contribution in [1.82, 2.24) is 10.2 Å². The van der Waals surface area contributed by atoms with Crippen LogP contribution in [0.1, 0.15) is 11.1 Å². The molecule has 0 bridgehead atoms. The minimum atomic E-state index is -0.447. The number of benzene rings is 2. The van der Waals surface area contributed by atoms with Gasteiger partial charge in [0.15, 0.2) is 11.5 Å². The van der Waals surface area contributed by atoms with E-state index in [1.165, 1.54) is 12.0 Å². The molecule has 0 unspecified atom stereocenters. The van der Waals surface area contributed by atoms with Gasteiger partial charge in [0.25, 0.3) is 5.91 Å². The minimum Gasteiger partial charge on any atom is -0.493 e. The van der Waals surface area contributed by atoms with Gasteiger partial charge in [-0.2, -0.15) is 0 Å². The van der Waals surface area contributed by atoms with Crippen molar-refractivity contribution < 1.29 is 19.1 Å². The average Bonchev–Trinajstić information content (AvgIpc) is 2.95. The third-order valence-electron chi connectivity index (χ3n) is 4.05. The number of amides is 3. The summed E-state index contributed by atoms with van der Waals surface area (Å²) >= 11 is 3.45. The van der Waals surface area contributed by atoms with E-state index in [-0.39, 0.29) is 18.1 Å². The van der Waals surface area contributed by atoms with Crippen LogP contribution >= 0.6 is 15.9 Å². The molecule has 0 spiro atoms. The molecule has 144 valence electrons. The molecule has 0 saturated carbocycles. The van der Waals surface area contributed by atoms with Crippen LogP contribution in [0, 0.1) is 0 Å². The first-order chi connectivity index (χ1) is 13.5. The summed E-state index contributed by atoms with van der Waals surface area (Å²) in [6.07, 6.45) is 3.24. The Labute approximate surface area is 171 Å². The van der Waals surface area contributed by atoms with Gasteiger partial charge in [0.2, 0.25) is 0 Å². The number of nitrogens with one attached hydrogen (secondary N) is 1. The van der Waals surface area contributed by atoms with Crippen LogP contribution in [0.4, 0.5) is 4.79 Å². The van der Waals surface area contributed by atoms with Crippen molar-refractivity contribution in [2.75, 3.05) is 13.7 Å². The number of hydrogen-bond donors (Lipinski definition) is 1. The number of halogens is 1. The Morgan fingerprint density at radius 3 is 2.64 bits per heavy atom. The van der Waals surface area contributed by atoms with Crippen molar-refractivity contribution in [1.29, 1.82) is 0 Å². The van der Waals surface area contributed by atoms with E-state index in [2.05, 4.69) is 27.8 Å². The molecule has 1 aliphatic heterocycles. The summed E-state index contributed by atoms with van der Waals surface area (Å²) in [5, 5.41) is 2.63. The van der Waals surface area contributed by atoms with Crippen molar-refractivity contribution in [3.8, 4) is 11.5 Å². The van der Waals surface area contributed by atoms with Gasteiger partial charge in [0, 0.05) is 0 Å². The van der Waals surface area contributed by atoms with Gasteiger partial charge in [-0.3, -0.25) is 9.69 Å². The molecule has 1 fully saturated rings. The van der Waals surface area contributed by atoms with Gasteiger partial charge in [0.05, 0.1) is 18.1 Å². The summed E-state index contributed by atoms with van der Waals surface area (Å²) < 4.78 is 11.6. The Morgan fingerprint density at radius 2 is 1.96 bits per heavy atom. The Balaban J connectivity index is 1.85. The van der Waals surface area contributed by atoms with Crippen molar-refractivity contribution >= 4 is 33.9 Å². The third kappa shape index (κ3) is 4.26. The first-order valence-corrected chi connectivity index (χ1v) is 9.32. The second kappa shape index (κ2) is 8.75. The van der Waals surface area contributed by atoms with Gasteiger partial charge in [-0.05, 0) is 45.3 Å². The van der Waals surface area contributed by atoms with Crippen molar-refractivity contribution in [2.24, 2.45) is 0 Å². The highest BCUT2D eigenvalue weighted by Crippen LogP contribution is 2.37. The van der Waals surface area contributed by atoms with Gasteiger partial charge in [0.1, 0.15) is 12.3 Å². The third-order valence-corrected chi connectivity index (χ3v) is 4.64. The SMILES string of the molecule is C=CCOc1c(Br)cc(/C=C2\NC(=O)N(Cc3ccccc3)C2=O)cc1OC. The number of methoxy groups -OCH3 is 1. The lowest BCUT2D eigenvalue weighted by Gasteiger charge is -2.12.